The number of sulfonamides is 1. The Morgan fingerprint density at radius 3 is 2.21 bits per heavy atom. The number of carbonyl (C=O) groups is 1. The number of thiophene rings is 1. The quantitative estimate of drug-likeness (QED) is 0.779. The predicted octanol–water partition coefficient (Wildman–Crippen LogP) is 3.08. The zero-order valence-corrected chi connectivity index (χ0v) is 17.5. The minimum absolute atomic E-state index is 0.0878. The van der Waals surface area contributed by atoms with Crippen LogP contribution in [0.5, 0.6) is 0 Å². The van der Waals surface area contributed by atoms with Gasteiger partial charge in [-0.3, -0.25) is 4.90 Å². The third kappa shape index (κ3) is 5.91. The second-order valence-electron chi connectivity index (χ2n) is 7.25. The van der Waals surface area contributed by atoms with Crippen LogP contribution in [0.1, 0.15) is 35.4 Å². The fraction of sp³-hybridized carbons (Fsp3) is 0.706. The summed E-state index contributed by atoms with van der Waals surface area (Å²) in [6.45, 7) is 5.87. The van der Waals surface area contributed by atoms with Crippen LogP contribution in [0.15, 0.2) is 12.1 Å². The molecule has 3 rings (SSSR count). The molecule has 0 atom stereocenters. The molecule has 0 aromatic carbocycles. The second-order valence-corrected chi connectivity index (χ2v) is 10.5. The molecule has 1 spiro atoms. The van der Waals surface area contributed by atoms with E-state index in [0.29, 0.717) is 6.54 Å². The number of hydrogen-bond donors (Lipinski definition) is 1. The lowest BCUT2D eigenvalue weighted by molar-refractivity contribution is -0.192. The first-order chi connectivity index (χ1) is 12.8. The summed E-state index contributed by atoms with van der Waals surface area (Å²) in [7, 11) is -3.07. The molecule has 1 aromatic heterocycles. The second kappa shape index (κ2) is 8.68. The standard InChI is InChI=1S/C15H24N2O2S2.C2HF3O2/c1-13-4-5-14(20-13)12-16-10-7-15(8-11-16)6-3-9-17(15)21(2,18)19;3-2(4,5)1(6)7/h4-5H,3,6-12H2,1-2H3;(H,6,7). The van der Waals surface area contributed by atoms with E-state index in [9.17, 15) is 21.6 Å². The molecule has 0 aliphatic carbocycles. The van der Waals surface area contributed by atoms with E-state index in [2.05, 4.69) is 24.0 Å². The molecule has 0 amide bonds. The summed E-state index contributed by atoms with van der Waals surface area (Å²) < 4.78 is 57.5. The number of rotatable bonds is 3. The molecule has 0 saturated carbocycles. The van der Waals surface area contributed by atoms with E-state index in [1.165, 1.54) is 16.0 Å². The highest BCUT2D eigenvalue weighted by Crippen LogP contribution is 2.40. The Morgan fingerprint density at radius 1 is 1.21 bits per heavy atom. The molecule has 11 heteroatoms. The molecule has 0 radical (unpaired) electrons. The van der Waals surface area contributed by atoms with Crippen LogP contribution >= 0.6 is 11.3 Å². The van der Waals surface area contributed by atoms with Crippen molar-refractivity contribution in [3.05, 3.63) is 21.9 Å². The van der Waals surface area contributed by atoms with Crippen molar-refractivity contribution in [3.8, 4) is 0 Å². The van der Waals surface area contributed by atoms with Crippen molar-refractivity contribution in [2.45, 2.75) is 50.9 Å². The topological polar surface area (TPSA) is 77.9 Å². The van der Waals surface area contributed by atoms with Gasteiger partial charge in [0.05, 0.1) is 6.26 Å². The van der Waals surface area contributed by atoms with Gasteiger partial charge < -0.3 is 5.11 Å². The lowest BCUT2D eigenvalue weighted by atomic mass is 9.86. The fourth-order valence-corrected chi connectivity index (χ4v) is 6.22. The Hall–Kier alpha value is -1.17. The Balaban J connectivity index is 0.000000345. The number of likely N-dealkylation sites (tertiary alicyclic amines) is 1. The third-order valence-electron chi connectivity index (χ3n) is 5.14. The Morgan fingerprint density at radius 2 is 1.79 bits per heavy atom. The summed E-state index contributed by atoms with van der Waals surface area (Å²) >= 11 is 1.86. The number of carboxylic acids is 1. The van der Waals surface area contributed by atoms with Crippen LogP contribution in [0, 0.1) is 6.92 Å². The predicted molar refractivity (Wildman–Crippen MR) is 101 cm³/mol. The highest BCUT2D eigenvalue weighted by Gasteiger charge is 2.47. The Kier molecular flexibility index (Phi) is 7.17. The summed E-state index contributed by atoms with van der Waals surface area (Å²) in [5.41, 5.74) is -0.0878. The van der Waals surface area contributed by atoms with E-state index < -0.39 is 22.2 Å². The lowest BCUT2D eigenvalue weighted by Gasteiger charge is -2.43. The van der Waals surface area contributed by atoms with Gasteiger partial charge in [0.25, 0.3) is 0 Å². The first-order valence-corrected chi connectivity index (χ1v) is 11.6. The molecular weight excluding hydrogens is 417 g/mol. The zero-order valence-electron chi connectivity index (χ0n) is 15.8. The van der Waals surface area contributed by atoms with Crippen molar-refractivity contribution in [2.75, 3.05) is 25.9 Å². The molecule has 28 heavy (non-hydrogen) atoms. The number of aryl methyl sites for hydroxylation is 1. The van der Waals surface area contributed by atoms with Crippen molar-refractivity contribution in [1.82, 2.24) is 9.21 Å². The van der Waals surface area contributed by atoms with Gasteiger partial charge in [-0.25, -0.2) is 13.2 Å². The van der Waals surface area contributed by atoms with Crippen molar-refractivity contribution in [2.24, 2.45) is 0 Å². The van der Waals surface area contributed by atoms with Gasteiger partial charge in [-0.1, -0.05) is 0 Å². The maximum Gasteiger partial charge on any atom is 0.490 e. The maximum absolute atomic E-state index is 12.0. The molecule has 1 N–H and O–H groups in total. The Bertz CT molecular complexity index is 785. The van der Waals surface area contributed by atoms with E-state index in [0.717, 1.165) is 45.3 Å². The van der Waals surface area contributed by atoms with E-state index in [4.69, 9.17) is 9.90 Å². The molecular formula is C17H25F3N2O4S2. The van der Waals surface area contributed by atoms with Crippen LogP contribution in [0.3, 0.4) is 0 Å². The number of hydrogen-bond acceptors (Lipinski definition) is 5. The highest BCUT2D eigenvalue weighted by molar-refractivity contribution is 7.88. The molecule has 3 heterocycles. The first kappa shape index (κ1) is 23.1. The van der Waals surface area contributed by atoms with Crippen LogP contribution in [-0.4, -0.2) is 66.3 Å². The minimum atomic E-state index is -5.08. The molecule has 2 fully saturated rings. The van der Waals surface area contributed by atoms with E-state index in [1.807, 2.05) is 11.3 Å². The maximum atomic E-state index is 12.0. The molecule has 0 bridgehead atoms. The average molecular weight is 443 g/mol. The molecule has 0 unspecified atom stereocenters. The molecule has 6 nitrogen and oxygen atoms in total. The average Bonchev–Trinajstić information content (AvgIpc) is 3.16. The van der Waals surface area contributed by atoms with Crippen LogP contribution in [-0.2, 0) is 21.4 Å². The van der Waals surface area contributed by atoms with Gasteiger partial charge in [-0.15, -0.1) is 11.3 Å². The highest BCUT2D eigenvalue weighted by atomic mass is 32.2. The number of piperidine rings is 1. The number of nitrogens with zero attached hydrogens (tertiary/aromatic N) is 2. The summed E-state index contributed by atoms with van der Waals surface area (Å²) in [6, 6.07) is 4.39. The molecule has 2 aliphatic rings. The summed E-state index contributed by atoms with van der Waals surface area (Å²) in [4.78, 5) is 14.1. The van der Waals surface area contributed by atoms with Crippen LogP contribution < -0.4 is 0 Å². The van der Waals surface area contributed by atoms with Crippen LogP contribution in [0.4, 0.5) is 13.2 Å². The molecule has 2 saturated heterocycles. The zero-order chi connectivity index (χ0) is 21.2. The Labute approximate surface area is 167 Å². The fourth-order valence-electron chi connectivity index (χ4n) is 3.85. The first-order valence-electron chi connectivity index (χ1n) is 8.89. The number of alkyl halides is 3. The summed E-state index contributed by atoms with van der Waals surface area (Å²) in [6.07, 6.45) is 0.277. The van der Waals surface area contributed by atoms with Gasteiger partial charge in [-0.2, -0.15) is 17.5 Å². The number of carboxylic acid groups (broad SMARTS) is 1. The van der Waals surface area contributed by atoms with Crippen molar-refractivity contribution >= 4 is 27.3 Å². The van der Waals surface area contributed by atoms with Crippen molar-refractivity contribution in [3.63, 3.8) is 0 Å². The molecule has 1 aromatic rings. The van der Waals surface area contributed by atoms with Gasteiger partial charge >= 0.3 is 12.1 Å². The lowest BCUT2D eigenvalue weighted by Crippen LogP contribution is -2.53. The third-order valence-corrected chi connectivity index (χ3v) is 7.49. The van der Waals surface area contributed by atoms with Gasteiger partial charge in [-0.05, 0) is 44.7 Å². The van der Waals surface area contributed by atoms with E-state index in [-0.39, 0.29) is 5.54 Å². The van der Waals surface area contributed by atoms with Gasteiger partial charge in [0.15, 0.2) is 0 Å². The largest absolute Gasteiger partial charge is 0.490 e. The van der Waals surface area contributed by atoms with Crippen LogP contribution in [0.25, 0.3) is 0 Å². The summed E-state index contributed by atoms with van der Waals surface area (Å²) in [5, 5.41) is 7.12. The summed E-state index contributed by atoms with van der Waals surface area (Å²) in [5.74, 6) is -2.76. The minimum Gasteiger partial charge on any atom is -0.475 e. The van der Waals surface area contributed by atoms with Crippen molar-refractivity contribution in [1.29, 1.82) is 0 Å². The molecule has 160 valence electrons. The van der Waals surface area contributed by atoms with Gasteiger partial charge in [0.1, 0.15) is 0 Å². The smallest absolute Gasteiger partial charge is 0.475 e. The molecule has 2 aliphatic heterocycles. The number of aliphatic carboxylic acids is 1. The normalized spacial score (nSPS) is 20.8. The van der Waals surface area contributed by atoms with E-state index in [1.54, 1.807) is 4.31 Å². The van der Waals surface area contributed by atoms with Crippen molar-refractivity contribution < 1.29 is 31.5 Å². The number of halogens is 3. The SMILES string of the molecule is Cc1ccc(CN2CCC3(CCCN3S(C)(=O)=O)CC2)s1.O=C(O)C(F)(F)F. The van der Waals surface area contributed by atoms with E-state index >= 15 is 0 Å². The van der Waals surface area contributed by atoms with Gasteiger partial charge in [0.2, 0.25) is 10.0 Å². The monoisotopic (exact) mass is 442 g/mol. The van der Waals surface area contributed by atoms with Crippen LogP contribution in [0.2, 0.25) is 0 Å². The van der Waals surface area contributed by atoms with Gasteiger partial charge in [0, 0.05) is 41.5 Å².